The molecule has 0 bridgehead atoms. The van der Waals surface area contributed by atoms with Gasteiger partial charge in [0.2, 0.25) is 0 Å². The summed E-state index contributed by atoms with van der Waals surface area (Å²) < 4.78 is 0. The van der Waals surface area contributed by atoms with Crippen LogP contribution in [0.1, 0.15) is 29.9 Å². The molecule has 0 heterocycles. The fourth-order valence-corrected chi connectivity index (χ4v) is 3.70. The van der Waals surface area contributed by atoms with Crippen molar-refractivity contribution < 1.29 is 4.79 Å². The van der Waals surface area contributed by atoms with E-state index in [9.17, 15) is 4.79 Å². The number of benzene rings is 1. The van der Waals surface area contributed by atoms with Gasteiger partial charge in [-0.25, -0.2) is 0 Å². The fourth-order valence-electron chi connectivity index (χ4n) is 3.70. The molecule has 2 saturated carbocycles. The molecule has 0 aromatic heterocycles. The van der Waals surface area contributed by atoms with E-state index in [0.717, 1.165) is 12.8 Å². The Morgan fingerprint density at radius 1 is 1.20 bits per heavy atom. The third-order valence-electron chi connectivity index (χ3n) is 4.44. The minimum atomic E-state index is 0.242. The topological polar surface area (TPSA) is 17.1 Å². The third-order valence-corrected chi connectivity index (χ3v) is 4.44. The normalized spacial score (nSPS) is 39.6. The Balaban J connectivity index is 1.92. The summed E-state index contributed by atoms with van der Waals surface area (Å²) in [5.74, 6) is 1.32. The number of ketones is 1. The Morgan fingerprint density at radius 3 is 3.00 bits per heavy atom. The molecule has 2 fully saturated rings. The molecule has 15 heavy (non-hydrogen) atoms. The number of hydrogen-bond donors (Lipinski definition) is 0. The van der Waals surface area contributed by atoms with Crippen LogP contribution in [0.3, 0.4) is 0 Å². The van der Waals surface area contributed by atoms with Crippen LogP contribution in [0.5, 0.6) is 0 Å². The molecule has 0 aliphatic heterocycles. The van der Waals surface area contributed by atoms with Gasteiger partial charge in [0.1, 0.15) is 5.78 Å². The van der Waals surface area contributed by atoms with Crippen molar-refractivity contribution >= 4 is 11.9 Å². The van der Waals surface area contributed by atoms with Gasteiger partial charge in [0.25, 0.3) is 0 Å². The van der Waals surface area contributed by atoms with Gasteiger partial charge in [-0.05, 0) is 17.5 Å². The van der Waals surface area contributed by atoms with E-state index in [2.05, 4.69) is 36.4 Å². The monoisotopic (exact) mass is 196 g/mol. The van der Waals surface area contributed by atoms with Gasteiger partial charge in [0.05, 0.1) is 0 Å². The van der Waals surface area contributed by atoms with Crippen LogP contribution in [-0.2, 0) is 4.79 Å². The molecule has 1 unspecified atom stereocenters. The molecule has 1 aromatic rings. The highest BCUT2D eigenvalue weighted by atomic mass is 16.1. The van der Waals surface area contributed by atoms with Crippen LogP contribution in [0.25, 0.3) is 6.08 Å². The first kappa shape index (κ1) is 7.86. The maximum absolute atomic E-state index is 11.8. The number of Topliss-reactive ketones (excluding diaryl/α,β-unsaturated/α-hetero) is 1. The van der Waals surface area contributed by atoms with Gasteiger partial charge >= 0.3 is 0 Å². The molecule has 0 amide bonds. The van der Waals surface area contributed by atoms with E-state index in [1.54, 1.807) is 0 Å². The molecule has 4 rings (SSSR count). The van der Waals surface area contributed by atoms with Gasteiger partial charge in [0.15, 0.2) is 0 Å². The van der Waals surface area contributed by atoms with Crippen molar-refractivity contribution in [3.63, 3.8) is 0 Å². The van der Waals surface area contributed by atoms with Crippen LogP contribution in [0.15, 0.2) is 30.3 Å². The first-order chi connectivity index (χ1) is 7.33. The quantitative estimate of drug-likeness (QED) is 0.623. The summed E-state index contributed by atoms with van der Waals surface area (Å²) in [6, 6.07) is 8.50. The van der Waals surface area contributed by atoms with Crippen LogP contribution in [0, 0.1) is 11.3 Å². The van der Waals surface area contributed by atoms with Gasteiger partial charge in [0, 0.05) is 23.7 Å². The number of fused-ring (bicyclic) bond motifs is 3. The molecule has 0 N–H and O–H groups in total. The second-order valence-corrected chi connectivity index (χ2v) is 5.00. The Bertz CT molecular complexity index is 500. The van der Waals surface area contributed by atoms with E-state index >= 15 is 0 Å². The molecule has 1 spiro atoms. The molecule has 0 saturated heterocycles. The minimum absolute atomic E-state index is 0.242. The summed E-state index contributed by atoms with van der Waals surface area (Å²) in [7, 11) is 0. The summed E-state index contributed by atoms with van der Waals surface area (Å²) in [6.45, 7) is 0. The molecule has 1 nitrogen and oxygen atoms in total. The van der Waals surface area contributed by atoms with Gasteiger partial charge < -0.3 is 0 Å². The fraction of sp³-hybridized carbons (Fsp3) is 0.357. The largest absolute Gasteiger partial charge is 0.299 e. The average Bonchev–Trinajstić information content (AvgIpc) is 2.86. The summed E-state index contributed by atoms with van der Waals surface area (Å²) in [6.07, 6.45) is 6.39. The zero-order chi connectivity index (χ0) is 10.0. The van der Waals surface area contributed by atoms with Crippen molar-refractivity contribution in [2.75, 3.05) is 0 Å². The van der Waals surface area contributed by atoms with E-state index < -0.39 is 0 Å². The zero-order valence-corrected chi connectivity index (χ0v) is 8.44. The lowest BCUT2D eigenvalue weighted by Gasteiger charge is -2.17. The lowest BCUT2D eigenvalue weighted by Crippen LogP contribution is -2.04. The van der Waals surface area contributed by atoms with Gasteiger partial charge in [-0.15, -0.1) is 0 Å². The highest BCUT2D eigenvalue weighted by Crippen LogP contribution is 2.74. The number of rotatable bonds is 0. The number of hydrogen-bond acceptors (Lipinski definition) is 1. The summed E-state index contributed by atoms with van der Waals surface area (Å²) in [4.78, 5) is 11.8. The van der Waals surface area contributed by atoms with Crippen molar-refractivity contribution in [2.45, 2.75) is 18.8 Å². The van der Waals surface area contributed by atoms with E-state index in [-0.39, 0.29) is 5.41 Å². The highest BCUT2D eigenvalue weighted by molar-refractivity contribution is 5.92. The number of carbonyl (C=O) groups excluding carboxylic acids is 1. The standard InChI is InChI=1S/C14H12O/c15-11-6-8-14-7-5-9-3-1-2-4-10(9)12(14)13(11)14/h1-5,7,12-13H,6,8H2/t12-,13+,14?/m1/s1. The lowest BCUT2D eigenvalue weighted by molar-refractivity contribution is -0.119. The summed E-state index contributed by atoms with van der Waals surface area (Å²) in [5.41, 5.74) is 2.96. The molecule has 1 aromatic carbocycles. The third kappa shape index (κ3) is 0.750. The molecular weight excluding hydrogens is 184 g/mol. The molecular formula is C14H12O. The van der Waals surface area contributed by atoms with Crippen LogP contribution in [0.2, 0.25) is 0 Å². The maximum atomic E-state index is 11.8. The highest BCUT2D eigenvalue weighted by Gasteiger charge is 2.70. The summed E-state index contributed by atoms with van der Waals surface area (Å²) >= 11 is 0. The van der Waals surface area contributed by atoms with Gasteiger partial charge in [-0.1, -0.05) is 36.4 Å². The smallest absolute Gasteiger partial charge is 0.137 e. The number of carbonyl (C=O) groups is 1. The first-order valence-electron chi connectivity index (χ1n) is 5.64. The van der Waals surface area contributed by atoms with Crippen molar-refractivity contribution in [1.82, 2.24) is 0 Å². The molecule has 1 heteroatoms. The van der Waals surface area contributed by atoms with Crippen molar-refractivity contribution in [2.24, 2.45) is 11.3 Å². The summed E-state index contributed by atoms with van der Waals surface area (Å²) in [5, 5.41) is 0. The predicted octanol–water partition coefficient (Wildman–Crippen LogP) is 2.78. The Kier molecular flexibility index (Phi) is 1.17. The van der Waals surface area contributed by atoms with E-state index in [4.69, 9.17) is 0 Å². The van der Waals surface area contributed by atoms with E-state index in [1.165, 1.54) is 11.1 Å². The van der Waals surface area contributed by atoms with E-state index in [1.807, 2.05) is 0 Å². The van der Waals surface area contributed by atoms with Crippen LogP contribution in [-0.4, -0.2) is 5.78 Å². The second-order valence-electron chi connectivity index (χ2n) is 5.00. The maximum Gasteiger partial charge on any atom is 0.137 e. The first-order valence-corrected chi connectivity index (χ1v) is 5.64. The second kappa shape index (κ2) is 2.24. The Labute approximate surface area is 88.8 Å². The Hall–Kier alpha value is -1.37. The van der Waals surface area contributed by atoms with Crippen molar-refractivity contribution in [3.8, 4) is 0 Å². The SMILES string of the molecule is O=C1CCC23C=Cc4ccccc4[C@@H]2[C@H]13. The molecule has 0 radical (unpaired) electrons. The molecule has 3 aliphatic rings. The Morgan fingerprint density at radius 2 is 2.07 bits per heavy atom. The van der Waals surface area contributed by atoms with Crippen LogP contribution >= 0.6 is 0 Å². The van der Waals surface area contributed by atoms with Gasteiger partial charge in [-0.3, -0.25) is 4.79 Å². The van der Waals surface area contributed by atoms with Crippen molar-refractivity contribution in [1.29, 1.82) is 0 Å². The van der Waals surface area contributed by atoms with Crippen LogP contribution < -0.4 is 0 Å². The molecule has 3 atom stereocenters. The number of allylic oxidation sites excluding steroid dienone is 1. The average molecular weight is 196 g/mol. The predicted molar refractivity (Wildman–Crippen MR) is 58.4 cm³/mol. The lowest BCUT2D eigenvalue weighted by atomic mass is 9.87. The minimum Gasteiger partial charge on any atom is -0.299 e. The van der Waals surface area contributed by atoms with Crippen molar-refractivity contribution in [3.05, 3.63) is 41.5 Å². The van der Waals surface area contributed by atoms with E-state index in [0.29, 0.717) is 17.6 Å². The van der Waals surface area contributed by atoms with Gasteiger partial charge in [-0.2, -0.15) is 0 Å². The molecule has 3 aliphatic carbocycles. The van der Waals surface area contributed by atoms with Crippen LogP contribution in [0.4, 0.5) is 0 Å². The zero-order valence-electron chi connectivity index (χ0n) is 8.44. The molecule has 74 valence electrons.